The van der Waals surface area contributed by atoms with E-state index in [2.05, 4.69) is 19.9 Å². The van der Waals surface area contributed by atoms with Crippen molar-refractivity contribution in [1.82, 2.24) is 19.5 Å². The van der Waals surface area contributed by atoms with Crippen molar-refractivity contribution in [2.75, 3.05) is 0 Å². The number of nitrogens with zero attached hydrogens (tertiary/aromatic N) is 4. The highest BCUT2D eigenvalue weighted by Crippen LogP contribution is 2.25. The molecule has 25 heavy (non-hydrogen) atoms. The Kier molecular flexibility index (Phi) is 4.26. The summed E-state index contributed by atoms with van der Waals surface area (Å²) in [6.45, 7) is 0.471. The Morgan fingerprint density at radius 2 is 1.72 bits per heavy atom. The molecule has 0 aliphatic carbocycles. The summed E-state index contributed by atoms with van der Waals surface area (Å²) >= 11 is 12.6. The zero-order chi connectivity index (χ0) is 17.2. The molecule has 2 aromatic heterocycles. The summed E-state index contributed by atoms with van der Waals surface area (Å²) in [6.07, 6.45) is 3.33. The second-order valence-corrected chi connectivity index (χ2v) is 6.26. The third-order valence-electron chi connectivity index (χ3n) is 3.82. The van der Waals surface area contributed by atoms with Gasteiger partial charge in [0.15, 0.2) is 11.1 Å². The van der Waals surface area contributed by atoms with Gasteiger partial charge in [0.05, 0.1) is 24.9 Å². The van der Waals surface area contributed by atoms with Gasteiger partial charge in [-0.25, -0.2) is 15.0 Å². The molecule has 0 atom stereocenters. The van der Waals surface area contributed by atoms with Crippen LogP contribution in [0.4, 0.5) is 5.69 Å². The van der Waals surface area contributed by atoms with Crippen LogP contribution < -0.4 is 5.49 Å². The van der Waals surface area contributed by atoms with Crippen molar-refractivity contribution in [3.05, 3.63) is 82.3 Å². The first kappa shape index (κ1) is 15.9. The van der Waals surface area contributed by atoms with Gasteiger partial charge in [-0.1, -0.05) is 47.5 Å². The van der Waals surface area contributed by atoms with Gasteiger partial charge in [0, 0.05) is 15.6 Å². The zero-order valence-electron chi connectivity index (χ0n) is 13.0. The van der Waals surface area contributed by atoms with E-state index in [0.717, 1.165) is 22.4 Å². The average molecular weight is 370 g/mol. The highest BCUT2D eigenvalue weighted by molar-refractivity contribution is 6.36. The number of fused-ring (bicyclic) bond motifs is 1. The monoisotopic (exact) mass is 369 g/mol. The van der Waals surface area contributed by atoms with Gasteiger partial charge in [-0.2, -0.15) is 0 Å². The van der Waals surface area contributed by atoms with E-state index in [0.29, 0.717) is 22.1 Å². The van der Waals surface area contributed by atoms with Crippen molar-refractivity contribution >= 4 is 40.1 Å². The van der Waals surface area contributed by atoms with Crippen LogP contribution in [-0.2, 0) is 6.54 Å². The van der Waals surface area contributed by atoms with E-state index in [4.69, 9.17) is 23.2 Å². The quantitative estimate of drug-likeness (QED) is 0.583. The molecule has 0 bridgehead atoms. The number of aromatic nitrogens is 4. The van der Waals surface area contributed by atoms with Crippen LogP contribution in [0.2, 0.25) is 10.0 Å². The number of hydrogen-bond donors (Lipinski definition) is 1. The third-order valence-corrected chi connectivity index (χ3v) is 4.52. The van der Waals surface area contributed by atoms with Crippen molar-refractivity contribution in [3.63, 3.8) is 0 Å². The predicted molar refractivity (Wildman–Crippen MR) is 99.1 cm³/mol. The van der Waals surface area contributed by atoms with E-state index in [1.165, 1.54) is 0 Å². The molecule has 2 heterocycles. The molecule has 0 aliphatic heterocycles. The molecule has 5 nitrogen and oxygen atoms in total. The van der Waals surface area contributed by atoms with Gasteiger partial charge in [-0.05, 0) is 24.3 Å². The molecule has 0 amide bonds. The fourth-order valence-electron chi connectivity index (χ4n) is 2.59. The normalized spacial score (nSPS) is 12.0. The van der Waals surface area contributed by atoms with Crippen LogP contribution in [0.25, 0.3) is 11.2 Å². The Hall–Kier alpha value is -2.63. The second kappa shape index (κ2) is 6.70. The summed E-state index contributed by atoms with van der Waals surface area (Å²) in [4.78, 5) is 16.6. The smallest absolute Gasteiger partial charge is 0.181 e. The molecule has 7 heteroatoms. The van der Waals surface area contributed by atoms with Crippen LogP contribution in [0, 0.1) is 0 Å². The number of halogens is 2. The number of para-hydroxylation sites is 1. The number of aromatic amines is 1. The highest BCUT2D eigenvalue weighted by Gasteiger charge is 2.10. The molecule has 4 aromatic rings. The van der Waals surface area contributed by atoms with Crippen molar-refractivity contribution in [1.29, 1.82) is 0 Å². The molecule has 124 valence electrons. The number of H-pyrrole nitrogens is 1. The van der Waals surface area contributed by atoms with E-state index < -0.39 is 0 Å². The summed E-state index contributed by atoms with van der Waals surface area (Å²) in [5.41, 5.74) is 3.74. The standard InChI is InChI=1S/C18H13Cl2N5/c19-14-7-4-8-15(20)13(14)9-25-11-23-17(16-18(25)22-10-21-16)24-12-5-2-1-3-6-12/h1-8,10-11H,9H2,(H,21,22). The molecular weight excluding hydrogens is 357 g/mol. The molecule has 0 aliphatic rings. The maximum Gasteiger partial charge on any atom is 0.181 e. The van der Waals surface area contributed by atoms with Crippen LogP contribution in [0.3, 0.4) is 0 Å². The molecular formula is C18H13Cl2N5. The van der Waals surface area contributed by atoms with Gasteiger partial charge < -0.3 is 9.55 Å². The largest absolute Gasteiger partial charge is 0.340 e. The molecule has 1 N–H and O–H groups in total. The molecule has 0 saturated heterocycles. The van der Waals surface area contributed by atoms with E-state index in [-0.39, 0.29) is 0 Å². The zero-order valence-corrected chi connectivity index (χ0v) is 14.5. The topological polar surface area (TPSA) is 58.9 Å². The fraction of sp³-hybridized carbons (Fsp3) is 0.0556. The van der Waals surface area contributed by atoms with E-state index >= 15 is 0 Å². The molecule has 0 spiro atoms. The second-order valence-electron chi connectivity index (χ2n) is 5.44. The minimum absolute atomic E-state index is 0.471. The lowest BCUT2D eigenvalue weighted by Gasteiger charge is -2.10. The van der Waals surface area contributed by atoms with Crippen LogP contribution >= 0.6 is 23.2 Å². The predicted octanol–water partition coefficient (Wildman–Crippen LogP) is 4.35. The first-order chi connectivity index (χ1) is 12.2. The molecule has 4 rings (SSSR count). The van der Waals surface area contributed by atoms with Crippen molar-refractivity contribution < 1.29 is 0 Å². The molecule has 0 radical (unpaired) electrons. The van der Waals surface area contributed by atoms with Gasteiger partial charge in [0.2, 0.25) is 0 Å². The summed E-state index contributed by atoms with van der Waals surface area (Å²) in [5.74, 6) is 0. The third kappa shape index (κ3) is 3.16. The van der Waals surface area contributed by atoms with Gasteiger partial charge in [0.25, 0.3) is 0 Å². The van der Waals surface area contributed by atoms with Gasteiger partial charge in [-0.15, -0.1) is 0 Å². The minimum Gasteiger partial charge on any atom is -0.340 e. The van der Waals surface area contributed by atoms with E-state index in [1.807, 2.05) is 53.1 Å². The number of benzene rings is 2. The number of rotatable bonds is 3. The first-order valence-electron chi connectivity index (χ1n) is 7.63. The lowest BCUT2D eigenvalue weighted by molar-refractivity contribution is 0.786. The van der Waals surface area contributed by atoms with Crippen LogP contribution in [0.15, 0.2) is 66.2 Å². The Morgan fingerprint density at radius 3 is 2.48 bits per heavy atom. The van der Waals surface area contributed by atoms with Gasteiger partial charge >= 0.3 is 0 Å². The maximum absolute atomic E-state index is 6.28. The molecule has 2 aromatic carbocycles. The average Bonchev–Trinajstić information content (AvgIpc) is 3.11. The lowest BCUT2D eigenvalue weighted by Crippen LogP contribution is -2.14. The van der Waals surface area contributed by atoms with E-state index in [1.54, 1.807) is 12.7 Å². The molecule has 0 fully saturated rings. The minimum atomic E-state index is 0.471. The molecule has 0 saturated carbocycles. The summed E-state index contributed by atoms with van der Waals surface area (Å²) < 4.78 is 1.89. The Labute approximate surface area is 153 Å². The number of hydrogen-bond acceptors (Lipinski definition) is 3. The van der Waals surface area contributed by atoms with Gasteiger partial charge in [-0.3, -0.25) is 0 Å². The van der Waals surface area contributed by atoms with Crippen LogP contribution in [0.5, 0.6) is 0 Å². The Balaban J connectivity index is 1.82. The van der Waals surface area contributed by atoms with Crippen LogP contribution in [-0.4, -0.2) is 19.5 Å². The lowest BCUT2D eigenvalue weighted by atomic mass is 10.2. The SMILES string of the molecule is Clc1cccc(Cl)c1Cn1cnc(=Nc2ccccc2)c2[nH]cnc21. The number of imidazole rings is 1. The van der Waals surface area contributed by atoms with Crippen molar-refractivity contribution in [2.24, 2.45) is 4.99 Å². The summed E-state index contributed by atoms with van der Waals surface area (Å²) in [6, 6.07) is 15.1. The Bertz CT molecular complexity index is 1080. The maximum atomic E-state index is 6.28. The fourth-order valence-corrected chi connectivity index (χ4v) is 3.11. The Morgan fingerprint density at radius 1 is 0.960 bits per heavy atom. The van der Waals surface area contributed by atoms with Gasteiger partial charge in [0.1, 0.15) is 5.52 Å². The molecule has 0 unspecified atom stereocenters. The van der Waals surface area contributed by atoms with Crippen molar-refractivity contribution in [3.8, 4) is 0 Å². The number of nitrogens with one attached hydrogen (secondary N) is 1. The first-order valence-corrected chi connectivity index (χ1v) is 8.39. The van der Waals surface area contributed by atoms with Crippen LogP contribution in [0.1, 0.15) is 5.56 Å². The highest BCUT2D eigenvalue weighted by atomic mass is 35.5. The van der Waals surface area contributed by atoms with E-state index in [9.17, 15) is 0 Å². The summed E-state index contributed by atoms with van der Waals surface area (Å²) in [5, 5.41) is 1.23. The van der Waals surface area contributed by atoms with Crippen molar-refractivity contribution in [2.45, 2.75) is 6.54 Å². The summed E-state index contributed by atoms with van der Waals surface area (Å²) in [7, 11) is 0.